The molecule has 0 bridgehead atoms. The van der Waals surface area contributed by atoms with E-state index in [0.29, 0.717) is 5.69 Å². The quantitative estimate of drug-likeness (QED) is 0.270. The standard InChI is InChI=1S/C5H5N2.Li/c1-5-3-2-4-6-7-5;/h2-4H,1H2;/q-1;+1. The second-order valence-corrected chi connectivity index (χ2v) is 1.21. The summed E-state index contributed by atoms with van der Waals surface area (Å²) in [6.45, 7) is 3.55. The molecule has 1 aromatic heterocycles. The molecule has 0 aromatic carbocycles. The Morgan fingerprint density at radius 1 is 1.50 bits per heavy atom. The Kier molecular flexibility index (Phi) is 3.34. The molecule has 1 aromatic rings. The minimum Gasteiger partial charge on any atom is -0.218 e. The van der Waals surface area contributed by atoms with Crippen molar-refractivity contribution in [2.75, 3.05) is 0 Å². The summed E-state index contributed by atoms with van der Waals surface area (Å²) >= 11 is 0. The topological polar surface area (TPSA) is 25.8 Å². The number of hydrogen-bond donors (Lipinski definition) is 0. The molecule has 0 aliphatic heterocycles. The van der Waals surface area contributed by atoms with Gasteiger partial charge in [-0.1, -0.05) is 5.69 Å². The molecule has 1 rings (SSSR count). The van der Waals surface area contributed by atoms with Crippen LogP contribution in [0.2, 0.25) is 0 Å². The Balaban J connectivity index is 0.000000490. The molecular formula is C5H5LiN2. The van der Waals surface area contributed by atoms with Gasteiger partial charge in [0, 0.05) is 6.20 Å². The number of rotatable bonds is 0. The Hall–Kier alpha value is -0.453. The first-order chi connectivity index (χ1) is 3.39. The first-order valence-corrected chi connectivity index (χ1v) is 1.99. The third kappa shape index (κ3) is 2.01. The van der Waals surface area contributed by atoms with E-state index in [1.54, 1.807) is 18.3 Å². The molecule has 0 N–H and O–H groups in total. The molecule has 36 valence electrons. The van der Waals surface area contributed by atoms with Gasteiger partial charge in [0.2, 0.25) is 0 Å². The molecule has 1 heterocycles. The number of nitrogens with zero attached hydrogens (tertiary/aromatic N) is 2. The molecule has 0 fully saturated rings. The Labute approximate surface area is 60.5 Å². The molecule has 0 atom stereocenters. The van der Waals surface area contributed by atoms with Crippen LogP contribution in [0.3, 0.4) is 0 Å². The van der Waals surface area contributed by atoms with E-state index < -0.39 is 0 Å². The predicted octanol–water partition coefficient (Wildman–Crippen LogP) is -2.34. The van der Waals surface area contributed by atoms with Crippen LogP contribution in [0.5, 0.6) is 0 Å². The van der Waals surface area contributed by atoms with Crippen molar-refractivity contribution >= 4 is 0 Å². The summed E-state index contributed by atoms with van der Waals surface area (Å²) < 4.78 is 0. The maximum atomic E-state index is 3.62. The van der Waals surface area contributed by atoms with Crippen molar-refractivity contribution in [1.82, 2.24) is 10.2 Å². The van der Waals surface area contributed by atoms with E-state index in [9.17, 15) is 0 Å². The third-order valence-corrected chi connectivity index (χ3v) is 0.628. The molecule has 8 heavy (non-hydrogen) atoms. The monoisotopic (exact) mass is 100 g/mol. The molecule has 0 aliphatic carbocycles. The summed E-state index contributed by atoms with van der Waals surface area (Å²) in [4.78, 5) is 0. The molecule has 0 saturated carbocycles. The van der Waals surface area contributed by atoms with Crippen LogP contribution in [0, 0.1) is 6.92 Å². The zero-order valence-corrected chi connectivity index (χ0v) is 4.83. The minimum atomic E-state index is 0. The minimum absolute atomic E-state index is 0. The number of aromatic nitrogens is 2. The van der Waals surface area contributed by atoms with Crippen molar-refractivity contribution in [1.29, 1.82) is 0 Å². The van der Waals surface area contributed by atoms with Gasteiger partial charge in [-0.25, -0.2) is 6.92 Å². The summed E-state index contributed by atoms with van der Waals surface area (Å²) in [5.41, 5.74) is 0.711. The normalized spacial score (nSPS) is 7.50. The van der Waals surface area contributed by atoms with Gasteiger partial charge < -0.3 is 0 Å². The first kappa shape index (κ1) is 7.55. The molecule has 0 unspecified atom stereocenters. The summed E-state index contributed by atoms with van der Waals surface area (Å²) in [7, 11) is 0. The fourth-order valence-corrected chi connectivity index (χ4v) is 0.333. The van der Waals surface area contributed by atoms with E-state index in [1.165, 1.54) is 0 Å². The molecular weight excluding hydrogens is 95.0 g/mol. The van der Waals surface area contributed by atoms with Crippen LogP contribution in [0.4, 0.5) is 0 Å². The molecule has 2 nitrogen and oxygen atoms in total. The van der Waals surface area contributed by atoms with Crippen molar-refractivity contribution in [3.63, 3.8) is 0 Å². The van der Waals surface area contributed by atoms with Gasteiger partial charge >= 0.3 is 18.9 Å². The fourth-order valence-electron chi connectivity index (χ4n) is 0.333. The maximum Gasteiger partial charge on any atom is 1.00 e. The average molecular weight is 100 g/mol. The molecule has 0 aliphatic rings. The number of hydrogen-bond acceptors (Lipinski definition) is 2. The van der Waals surface area contributed by atoms with Crippen molar-refractivity contribution in [3.8, 4) is 0 Å². The van der Waals surface area contributed by atoms with E-state index >= 15 is 0 Å². The molecule has 0 saturated heterocycles. The van der Waals surface area contributed by atoms with Crippen LogP contribution in [-0.2, 0) is 0 Å². The van der Waals surface area contributed by atoms with Gasteiger partial charge in [-0.05, 0) is 0 Å². The Morgan fingerprint density at radius 2 is 2.25 bits per heavy atom. The van der Waals surface area contributed by atoms with Crippen LogP contribution in [0.25, 0.3) is 0 Å². The van der Waals surface area contributed by atoms with Crippen molar-refractivity contribution in [3.05, 3.63) is 30.9 Å². The Bertz CT molecular complexity index is 140. The zero-order chi connectivity index (χ0) is 5.11. The van der Waals surface area contributed by atoms with E-state index in [4.69, 9.17) is 0 Å². The first-order valence-electron chi connectivity index (χ1n) is 1.99. The SMILES string of the molecule is [CH2-]c1cccnn1.[Li+]. The largest absolute Gasteiger partial charge is 1.00 e. The van der Waals surface area contributed by atoms with Gasteiger partial charge in [0.25, 0.3) is 0 Å². The Morgan fingerprint density at radius 3 is 2.50 bits per heavy atom. The van der Waals surface area contributed by atoms with E-state index in [1.807, 2.05) is 0 Å². The molecule has 3 heteroatoms. The van der Waals surface area contributed by atoms with Gasteiger partial charge in [0.15, 0.2) is 0 Å². The predicted molar refractivity (Wildman–Crippen MR) is 26.5 cm³/mol. The maximum absolute atomic E-state index is 3.62. The van der Waals surface area contributed by atoms with E-state index in [-0.39, 0.29) is 18.9 Å². The van der Waals surface area contributed by atoms with Gasteiger partial charge in [-0.3, -0.25) is 0 Å². The summed E-state index contributed by atoms with van der Waals surface area (Å²) in [6.07, 6.45) is 1.62. The summed E-state index contributed by atoms with van der Waals surface area (Å²) in [6, 6.07) is 3.60. The van der Waals surface area contributed by atoms with Crippen molar-refractivity contribution in [2.24, 2.45) is 0 Å². The van der Waals surface area contributed by atoms with Crippen molar-refractivity contribution in [2.45, 2.75) is 0 Å². The van der Waals surface area contributed by atoms with Gasteiger partial charge in [-0.2, -0.15) is 16.3 Å². The van der Waals surface area contributed by atoms with Gasteiger partial charge in [0.05, 0.1) is 0 Å². The fraction of sp³-hybridized carbons (Fsp3) is 0. The summed E-state index contributed by atoms with van der Waals surface area (Å²) in [5.74, 6) is 0. The van der Waals surface area contributed by atoms with Crippen molar-refractivity contribution < 1.29 is 18.9 Å². The molecule has 0 spiro atoms. The molecule has 0 amide bonds. The third-order valence-electron chi connectivity index (χ3n) is 0.628. The van der Waals surface area contributed by atoms with E-state index in [2.05, 4.69) is 17.1 Å². The average Bonchev–Trinajstić information content (AvgIpc) is 1.69. The molecule has 0 radical (unpaired) electrons. The zero-order valence-electron chi connectivity index (χ0n) is 4.83. The second kappa shape index (κ2) is 3.54. The van der Waals surface area contributed by atoms with Crippen LogP contribution >= 0.6 is 0 Å². The van der Waals surface area contributed by atoms with Gasteiger partial charge in [-0.15, -0.1) is 6.07 Å². The van der Waals surface area contributed by atoms with Crippen LogP contribution in [0.1, 0.15) is 5.69 Å². The summed E-state index contributed by atoms with van der Waals surface area (Å²) in [5, 5.41) is 7.19. The second-order valence-electron chi connectivity index (χ2n) is 1.21. The van der Waals surface area contributed by atoms with Crippen LogP contribution < -0.4 is 18.9 Å². The van der Waals surface area contributed by atoms with E-state index in [0.717, 1.165) is 0 Å². The van der Waals surface area contributed by atoms with Crippen LogP contribution in [-0.4, -0.2) is 10.2 Å². The van der Waals surface area contributed by atoms with Crippen LogP contribution in [0.15, 0.2) is 18.3 Å². The smallest absolute Gasteiger partial charge is 0.218 e. The van der Waals surface area contributed by atoms with Gasteiger partial charge in [0.1, 0.15) is 0 Å².